The second-order valence-electron chi connectivity index (χ2n) is 5.85. The van der Waals surface area contributed by atoms with Gasteiger partial charge < -0.3 is 43.2 Å². The van der Waals surface area contributed by atoms with Crippen molar-refractivity contribution in [1.29, 1.82) is 0 Å². The highest BCUT2D eigenvalue weighted by molar-refractivity contribution is 5.78. The first-order valence-corrected chi connectivity index (χ1v) is 9.69. The average molecular weight is 481 g/mol. The fraction of sp³-hybridized carbons (Fsp3) is 0.208. The van der Waals surface area contributed by atoms with Gasteiger partial charge in [-0.1, -0.05) is 6.58 Å². The summed E-state index contributed by atoms with van der Waals surface area (Å²) in [5, 5.41) is 41.6. The van der Waals surface area contributed by atoms with Crippen molar-refractivity contribution in [1.82, 2.24) is 0 Å². The highest BCUT2D eigenvalue weighted by Crippen LogP contribution is 2.11. The monoisotopic (exact) mass is 480 g/mol. The molecule has 0 atom stereocenters. The Balaban J connectivity index is 0. The summed E-state index contributed by atoms with van der Waals surface area (Å²) in [6.07, 6.45) is 13.8. The zero-order chi connectivity index (χ0) is 25.8. The molecule has 0 aliphatic carbocycles. The van der Waals surface area contributed by atoms with Crippen LogP contribution in [0.3, 0.4) is 0 Å². The molecule has 0 aliphatic rings. The molecule has 5 N–H and O–H groups in total. The first-order valence-electron chi connectivity index (χ1n) is 9.69. The Morgan fingerprint density at radius 2 is 0.765 bits per heavy atom. The predicted molar refractivity (Wildman–Crippen MR) is 123 cm³/mol. The number of rotatable bonds is 5. The van der Waals surface area contributed by atoms with E-state index in [0.717, 1.165) is 6.08 Å². The van der Waals surface area contributed by atoms with Crippen LogP contribution < -0.4 is 0 Å². The highest BCUT2D eigenvalue weighted by atomic mass is 16.4. The van der Waals surface area contributed by atoms with E-state index in [-0.39, 0.29) is 0 Å². The maximum absolute atomic E-state index is 9.25. The van der Waals surface area contributed by atoms with Crippen molar-refractivity contribution in [2.45, 2.75) is 0 Å². The van der Waals surface area contributed by atoms with E-state index in [1.54, 1.807) is 50.1 Å². The van der Waals surface area contributed by atoms with Gasteiger partial charge in [-0.2, -0.15) is 0 Å². The van der Waals surface area contributed by atoms with E-state index >= 15 is 0 Å². The molecule has 0 aliphatic heterocycles. The van der Waals surface area contributed by atoms with Crippen LogP contribution in [0, 0.1) is 5.41 Å². The molecule has 4 aromatic heterocycles. The summed E-state index contributed by atoms with van der Waals surface area (Å²) in [6, 6.07) is 14.7. The molecule has 0 spiro atoms. The van der Waals surface area contributed by atoms with Crippen LogP contribution in [0.4, 0.5) is 0 Å². The zero-order valence-corrected chi connectivity index (χ0v) is 18.6. The molecule has 0 saturated carbocycles. The molecule has 10 nitrogen and oxygen atoms in total. The van der Waals surface area contributed by atoms with Gasteiger partial charge in [-0.15, -0.1) is 0 Å². The first-order chi connectivity index (χ1) is 16.5. The SMILES string of the molecule is C=CC(=O)O.OCC(CO)(CO)CO.c1ccoc1.c1ccoc1.c1ccoc1.c1ccoc1. The Kier molecular flexibility index (Phi) is 24.2. The number of aliphatic carboxylic acids is 1. The lowest BCUT2D eigenvalue weighted by atomic mass is 9.93. The zero-order valence-electron chi connectivity index (χ0n) is 18.6. The van der Waals surface area contributed by atoms with Crippen molar-refractivity contribution in [2.75, 3.05) is 26.4 Å². The average Bonchev–Trinajstić information content (AvgIpc) is 3.70. The number of furan rings is 4. The Morgan fingerprint density at radius 1 is 0.588 bits per heavy atom. The third-order valence-electron chi connectivity index (χ3n) is 3.22. The lowest BCUT2D eigenvalue weighted by molar-refractivity contribution is -0.131. The number of carboxylic acids is 1. The van der Waals surface area contributed by atoms with E-state index in [1.807, 2.05) is 48.5 Å². The van der Waals surface area contributed by atoms with Crippen LogP contribution in [0.2, 0.25) is 0 Å². The highest BCUT2D eigenvalue weighted by Gasteiger charge is 2.26. The third kappa shape index (κ3) is 22.8. The second-order valence-corrected chi connectivity index (χ2v) is 5.85. The first kappa shape index (κ1) is 32.4. The van der Waals surface area contributed by atoms with Crippen LogP contribution in [0.25, 0.3) is 0 Å². The number of hydrogen-bond donors (Lipinski definition) is 5. The fourth-order valence-corrected chi connectivity index (χ4v) is 1.21. The molecule has 4 rings (SSSR count). The third-order valence-corrected chi connectivity index (χ3v) is 3.22. The van der Waals surface area contributed by atoms with Crippen LogP contribution in [0.5, 0.6) is 0 Å². The molecule has 0 radical (unpaired) electrons. The molecule has 34 heavy (non-hydrogen) atoms. The van der Waals surface area contributed by atoms with Crippen molar-refractivity contribution in [2.24, 2.45) is 5.41 Å². The van der Waals surface area contributed by atoms with E-state index in [0.29, 0.717) is 0 Å². The van der Waals surface area contributed by atoms with Crippen LogP contribution in [0.1, 0.15) is 0 Å². The van der Waals surface area contributed by atoms with Crippen LogP contribution in [0.15, 0.2) is 129 Å². The van der Waals surface area contributed by atoms with E-state index in [1.165, 1.54) is 0 Å². The Morgan fingerprint density at radius 3 is 0.794 bits per heavy atom. The molecule has 4 heterocycles. The summed E-state index contributed by atoms with van der Waals surface area (Å²) >= 11 is 0. The summed E-state index contributed by atoms with van der Waals surface area (Å²) in [6.45, 7) is 1.34. The molecule has 188 valence electrons. The number of hydrogen-bond acceptors (Lipinski definition) is 9. The predicted octanol–water partition coefficient (Wildman–Crippen LogP) is 3.32. The Bertz CT molecular complexity index is 612. The summed E-state index contributed by atoms with van der Waals surface area (Å²) in [5.74, 6) is -0.981. The lowest BCUT2D eigenvalue weighted by Gasteiger charge is -2.23. The summed E-state index contributed by atoms with van der Waals surface area (Å²) in [5.41, 5.74) is -1.11. The Hall–Kier alpha value is -3.83. The standard InChI is InChI=1S/C5H12O4.4C4H4O.C3H4O2/c6-1-5(2-7,3-8)4-9;4*1-2-4-5-3-1;1-2-3(4)5/h6-9H,1-4H2;4*1-4H;2H,1H2,(H,4,5). The number of aliphatic hydroxyl groups is 4. The largest absolute Gasteiger partial charge is 0.478 e. The number of carboxylic acid groups (broad SMARTS) is 1. The summed E-state index contributed by atoms with van der Waals surface area (Å²) in [7, 11) is 0. The van der Waals surface area contributed by atoms with Gasteiger partial charge in [0.05, 0.1) is 81.9 Å². The van der Waals surface area contributed by atoms with Gasteiger partial charge in [0.15, 0.2) is 0 Å². The van der Waals surface area contributed by atoms with E-state index < -0.39 is 37.8 Å². The molecule has 0 fully saturated rings. The minimum Gasteiger partial charge on any atom is -0.478 e. The fourth-order valence-electron chi connectivity index (χ4n) is 1.21. The molecule has 4 aromatic rings. The van der Waals surface area contributed by atoms with E-state index in [9.17, 15) is 4.79 Å². The van der Waals surface area contributed by atoms with Gasteiger partial charge in [0, 0.05) is 6.08 Å². The maximum atomic E-state index is 9.25. The van der Waals surface area contributed by atoms with Crippen molar-refractivity contribution in [3.05, 3.63) is 111 Å². The summed E-state index contributed by atoms with van der Waals surface area (Å²) < 4.78 is 18.3. The van der Waals surface area contributed by atoms with Crippen LogP contribution >= 0.6 is 0 Å². The topological polar surface area (TPSA) is 171 Å². The minimum absolute atomic E-state index is 0.406. The van der Waals surface area contributed by atoms with Gasteiger partial charge in [-0.05, 0) is 48.5 Å². The quantitative estimate of drug-likeness (QED) is 0.267. The molecule has 10 heteroatoms. The van der Waals surface area contributed by atoms with Gasteiger partial charge in [0.2, 0.25) is 0 Å². The van der Waals surface area contributed by atoms with E-state index in [4.69, 9.17) is 25.5 Å². The van der Waals surface area contributed by atoms with Crippen LogP contribution in [-0.4, -0.2) is 57.9 Å². The maximum Gasteiger partial charge on any atom is 0.327 e. The van der Waals surface area contributed by atoms with Crippen molar-refractivity contribution < 1.29 is 48.0 Å². The minimum atomic E-state index is -1.11. The molecule has 0 unspecified atom stereocenters. The Labute approximate surface area is 197 Å². The van der Waals surface area contributed by atoms with Gasteiger partial charge in [0.1, 0.15) is 0 Å². The normalized spacial score (nSPS) is 8.82. The van der Waals surface area contributed by atoms with E-state index in [2.05, 4.69) is 24.2 Å². The van der Waals surface area contributed by atoms with Gasteiger partial charge in [-0.3, -0.25) is 0 Å². The molecule has 0 aromatic carbocycles. The van der Waals surface area contributed by atoms with Crippen molar-refractivity contribution in [3.63, 3.8) is 0 Å². The smallest absolute Gasteiger partial charge is 0.327 e. The van der Waals surface area contributed by atoms with Gasteiger partial charge in [0.25, 0.3) is 0 Å². The number of aliphatic hydroxyl groups excluding tert-OH is 4. The van der Waals surface area contributed by atoms with Crippen molar-refractivity contribution in [3.8, 4) is 0 Å². The van der Waals surface area contributed by atoms with Gasteiger partial charge >= 0.3 is 5.97 Å². The lowest BCUT2D eigenvalue weighted by Crippen LogP contribution is -2.37. The van der Waals surface area contributed by atoms with Gasteiger partial charge in [-0.25, -0.2) is 4.79 Å². The summed E-state index contributed by atoms with van der Waals surface area (Å²) in [4.78, 5) is 9.25. The molecule has 0 saturated heterocycles. The number of carbonyl (C=O) groups is 1. The van der Waals surface area contributed by atoms with Crippen LogP contribution in [-0.2, 0) is 4.79 Å². The molecule has 0 bridgehead atoms. The molecular weight excluding hydrogens is 448 g/mol. The molecular formula is C24H32O10. The molecule has 0 amide bonds. The second kappa shape index (κ2) is 25.4. The van der Waals surface area contributed by atoms with Crippen molar-refractivity contribution >= 4 is 5.97 Å².